The highest BCUT2D eigenvalue weighted by Gasteiger charge is 2.12. The number of hydrogen-bond donors (Lipinski definition) is 1. The van der Waals surface area contributed by atoms with Crippen molar-refractivity contribution in [2.45, 2.75) is 13.8 Å². The van der Waals surface area contributed by atoms with Crippen LogP contribution < -0.4 is 0 Å². The predicted molar refractivity (Wildman–Crippen MR) is 49.9 cm³/mol. The SMILES string of the molecule is C=C/C=C(\C=C/C)C(C)C(=O)O. The number of hydrogen-bond acceptors (Lipinski definition) is 1. The molecule has 0 fully saturated rings. The van der Waals surface area contributed by atoms with Crippen LogP contribution in [0.2, 0.25) is 0 Å². The maximum atomic E-state index is 10.6. The normalized spacial score (nSPS) is 14.7. The Morgan fingerprint density at radius 3 is 2.50 bits per heavy atom. The third kappa shape index (κ3) is 3.19. The zero-order valence-corrected chi connectivity index (χ0v) is 7.45. The van der Waals surface area contributed by atoms with E-state index in [-0.39, 0.29) is 0 Å². The first-order valence-corrected chi connectivity index (χ1v) is 3.81. The highest BCUT2D eigenvalue weighted by Crippen LogP contribution is 2.12. The molecule has 1 atom stereocenters. The lowest BCUT2D eigenvalue weighted by molar-refractivity contribution is -0.139. The molecule has 1 N–H and O–H groups in total. The molecule has 0 bridgehead atoms. The molecule has 0 aromatic carbocycles. The van der Waals surface area contributed by atoms with Gasteiger partial charge in [-0.05, 0) is 19.4 Å². The summed E-state index contributed by atoms with van der Waals surface area (Å²) in [6.07, 6.45) is 6.89. The lowest BCUT2D eigenvalue weighted by atomic mass is 10.0. The van der Waals surface area contributed by atoms with Crippen molar-refractivity contribution in [1.29, 1.82) is 0 Å². The summed E-state index contributed by atoms with van der Waals surface area (Å²) in [5.74, 6) is -1.29. The van der Waals surface area contributed by atoms with Gasteiger partial charge in [0, 0.05) is 0 Å². The lowest BCUT2D eigenvalue weighted by Crippen LogP contribution is -2.10. The van der Waals surface area contributed by atoms with E-state index in [1.165, 1.54) is 0 Å². The number of rotatable bonds is 4. The van der Waals surface area contributed by atoms with Crippen LogP contribution in [0.4, 0.5) is 0 Å². The molecule has 0 amide bonds. The molecule has 2 nitrogen and oxygen atoms in total. The van der Waals surface area contributed by atoms with Gasteiger partial charge >= 0.3 is 5.97 Å². The van der Waals surface area contributed by atoms with E-state index in [0.29, 0.717) is 0 Å². The van der Waals surface area contributed by atoms with E-state index in [9.17, 15) is 4.79 Å². The molecule has 0 aromatic rings. The number of carboxylic acid groups (broad SMARTS) is 1. The number of carboxylic acids is 1. The average molecular weight is 166 g/mol. The van der Waals surface area contributed by atoms with E-state index in [0.717, 1.165) is 5.57 Å². The number of carbonyl (C=O) groups is 1. The van der Waals surface area contributed by atoms with Crippen LogP contribution in [0, 0.1) is 5.92 Å². The van der Waals surface area contributed by atoms with Crippen molar-refractivity contribution >= 4 is 5.97 Å². The predicted octanol–water partition coefficient (Wildman–Crippen LogP) is 2.40. The van der Waals surface area contributed by atoms with Crippen LogP contribution in [0.5, 0.6) is 0 Å². The first-order valence-electron chi connectivity index (χ1n) is 3.81. The van der Waals surface area contributed by atoms with Gasteiger partial charge in [-0.2, -0.15) is 0 Å². The Bertz CT molecular complexity index is 224. The van der Waals surface area contributed by atoms with E-state index >= 15 is 0 Å². The smallest absolute Gasteiger partial charge is 0.310 e. The van der Waals surface area contributed by atoms with Crippen LogP contribution >= 0.6 is 0 Å². The monoisotopic (exact) mass is 166 g/mol. The van der Waals surface area contributed by atoms with Gasteiger partial charge < -0.3 is 5.11 Å². The Balaban J connectivity index is 4.62. The molecule has 0 saturated heterocycles. The molecule has 0 aromatic heterocycles. The van der Waals surface area contributed by atoms with E-state index in [1.54, 1.807) is 25.2 Å². The second kappa shape index (κ2) is 5.35. The zero-order chi connectivity index (χ0) is 9.56. The van der Waals surface area contributed by atoms with Gasteiger partial charge in [-0.25, -0.2) is 0 Å². The summed E-state index contributed by atoms with van der Waals surface area (Å²) in [5, 5.41) is 8.70. The fourth-order valence-electron chi connectivity index (χ4n) is 0.815. The van der Waals surface area contributed by atoms with Gasteiger partial charge in [-0.1, -0.05) is 30.9 Å². The zero-order valence-electron chi connectivity index (χ0n) is 7.45. The fourth-order valence-corrected chi connectivity index (χ4v) is 0.815. The highest BCUT2D eigenvalue weighted by molar-refractivity contribution is 5.74. The minimum absolute atomic E-state index is 0.473. The molecule has 0 aliphatic rings. The minimum Gasteiger partial charge on any atom is -0.481 e. The quantitative estimate of drug-likeness (QED) is 0.651. The largest absolute Gasteiger partial charge is 0.481 e. The van der Waals surface area contributed by atoms with Gasteiger partial charge in [0.1, 0.15) is 0 Å². The van der Waals surface area contributed by atoms with Crippen molar-refractivity contribution in [2.24, 2.45) is 5.92 Å². The summed E-state index contributed by atoms with van der Waals surface area (Å²) in [4.78, 5) is 10.6. The first-order chi connectivity index (χ1) is 5.63. The van der Waals surface area contributed by atoms with Crippen molar-refractivity contribution in [2.75, 3.05) is 0 Å². The van der Waals surface area contributed by atoms with Gasteiger partial charge in [-0.3, -0.25) is 4.79 Å². The molecule has 1 unspecified atom stereocenters. The summed E-state index contributed by atoms with van der Waals surface area (Å²) >= 11 is 0. The Labute approximate surface area is 72.9 Å². The van der Waals surface area contributed by atoms with E-state index < -0.39 is 11.9 Å². The first kappa shape index (κ1) is 10.7. The van der Waals surface area contributed by atoms with E-state index in [1.807, 2.05) is 13.0 Å². The molecule has 66 valence electrons. The Morgan fingerprint density at radius 1 is 1.58 bits per heavy atom. The van der Waals surface area contributed by atoms with Crippen molar-refractivity contribution < 1.29 is 9.90 Å². The van der Waals surface area contributed by atoms with E-state index in [4.69, 9.17) is 5.11 Å². The van der Waals surface area contributed by atoms with Crippen molar-refractivity contribution in [3.05, 3.63) is 36.5 Å². The van der Waals surface area contributed by atoms with Crippen LogP contribution in [0.15, 0.2) is 36.5 Å². The molecule has 0 aliphatic carbocycles. The summed E-state index contributed by atoms with van der Waals surface area (Å²) in [6, 6.07) is 0. The second-order valence-corrected chi connectivity index (χ2v) is 2.46. The maximum Gasteiger partial charge on any atom is 0.310 e. The molecule has 2 heteroatoms. The molecule has 0 rings (SSSR count). The molecule has 0 aliphatic heterocycles. The Morgan fingerprint density at radius 2 is 2.17 bits per heavy atom. The van der Waals surface area contributed by atoms with Crippen molar-refractivity contribution in [3.8, 4) is 0 Å². The Kier molecular flexibility index (Phi) is 4.77. The van der Waals surface area contributed by atoms with Gasteiger partial charge in [0.2, 0.25) is 0 Å². The molecule has 0 radical (unpaired) electrons. The van der Waals surface area contributed by atoms with Gasteiger partial charge in [0.05, 0.1) is 5.92 Å². The van der Waals surface area contributed by atoms with E-state index in [2.05, 4.69) is 6.58 Å². The molecule has 12 heavy (non-hydrogen) atoms. The van der Waals surface area contributed by atoms with Crippen molar-refractivity contribution in [3.63, 3.8) is 0 Å². The summed E-state index contributed by atoms with van der Waals surface area (Å²) in [7, 11) is 0. The summed E-state index contributed by atoms with van der Waals surface area (Å²) in [5.41, 5.74) is 0.764. The highest BCUT2D eigenvalue weighted by atomic mass is 16.4. The third-order valence-corrected chi connectivity index (χ3v) is 1.54. The summed E-state index contributed by atoms with van der Waals surface area (Å²) in [6.45, 7) is 7.02. The number of allylic oxidation sites excluding steroid dienone is 4. The molecular formula is C10H14O2. The van der Waals surface area contributed by atoms with Crippen LogP contribution in [0.3, 0.4) is 0 Å². The molecule has 0 spiro atoms. The third-order valence-electron chi connectivity index (χ3n) is 1.54. The summed E-state index contributed by atoms with van der Waals surface area (Å²) < 4.78 is 0. The van der Waals surface area contributed by atoms with Gasteiger partial charge in [-0.15, -0.1) is 0 Å². The molecular weight excluding hydrogens is 152 g/mol. The van der Waals surface area contributed by atoms with Crippen LogP contribution in [0.1, 0.15) is 13.8 Å². The van der Waals surface area contributed by atoms with Crippen LogP contribution in [-0.2, 0) is 4.79 Å². The second-order valence-electron chi connectivity index (χ2n) is 2.46. The fraction of sp³-hybridized carbons (Fsp3) is 0.300. The van der Waals surface area contributed by atoms with Gasteiger partial charge in [0.15, 0.2) is 0 Å². The molecule has 0 heterocycles. The lowest BCUT2D eigenvalue weighted by Gasteiger charge is -2.05. The van der Waals surface area contributed by atoms with Crippen LogP contribution in [-0.4, -0.2) is 11.1 Å². The minimum atomic E-state index is -0.818. The van der Waals surface area contributed by atoms with Crippen LogP contribution in [0.25, 0.3) is 0 Å². The maximum absolute atomic E-state index is 10.6. The van der Waals surface area contributed by atoms with Gasteiger partial charge in [0.25, 0.3) is 0 Å². The topological polar surface area (TPSA) is 37.3 Å². The molecule has 0 saturated carbocycles. The average Bonchev–Trinajstić information content (AvgIpc) is 2.03. The standard InChI is InChI=1S/C10H14O2/c1-4-6-9(7-5-2)8(3)10(11)12/h4-8H,1H2,2-3H3,(H,11,12)/b7-5-,9-6+. The Hall–Kier alpha value is -1.31. The number of aliphatic carboxylic acids is 1. The van der Waals surface area contributed by atoms with Crippen molar-refractivity contribution in [1.82, 2.24) is 0 Å².